The molecule has 71 heavy (non-hydrogen) atoms. The largest absolute Gasteiger partial charge is 0.394 e. The van der Waals surface area contributed by atoms with E-state index >= 15 is 0 Å². The number of unbranched alkanes of at least 4 members (excludes halogenated alkanes) is 39. The van der Waals surface area contributed by atoms with Crippen molar-refractivity contribution in [2.75, 3.05) is 13.2 Å². The highest BCUT2D eigenvalue weighted by molar-refractivity contribution is 5.80. The Balaban J connectivity index is 2.18. The van der Waals surface area contributed by atoms with Gasteiger partial charge in [0.15, 0.2) is 6.29 Å². The summed E-state index contributed by atoms with van der Waals surface area (Å²) < 4.78 is 11.1. The Morgan fingerprint density at radius 2 is 0.831 bits per heavy atom. The maximum absolute atomic E-state index is 13.2. The number of carbonyl (C=O) groups is 1. The van der Waals surface area contributed by atoms with E-state index in [2.05, 4.69) is 31.3 Å². The first-order valence-electron chi connectivity index (χ1n) is 30.6. The smallest absolute Gasteiger partial charge is 0.249 e. The van der Waals surface area contributed by atoms with Gasteiger partial charge in [0.1, 0.15) is 36.6 Å². The minimum absolute atomic E-state index is 0.260. The number of allylic oxidation sites excluding steroid dienone is 2. The molecule has 9 unspecified atom stereocenters. The number of aliphatic hydroxyl groups excluding tert-OH is 7. The van der Waals surface area contributed by atoms with Crippen molar-refractivity contribution in [3.8, 4) is 0 Å². The van der Waals surface area contributed by atoms with Crippen molar-refractivity contribution in [1.29, 1.82) is 0 Å². The van der Waals surface area contributed by atoms with Crippen LogP contribution in [-0.4, -0.2) is 110 Å². The van der Waals surface area contributed by atoms with Gasteiger partial charge in [0.25, 0.3) is 0 Å². The molecule has 1 rings (SSSR count). The molecule has 11 heteroatoms. The van der Waals surface area contributed by atoms with Crippen molar-refractivity contribution in [2.45, 2.75) is 351 Å². The van der Waals surface area contributed by atoms with Crippen molar-refractivity contribution in [3.05, 3.63) is 12.2 Å². The zero-order valence-electron chi connectivity index (χ0n) is 46.2. The number of nitrogens with one attached hydrogen (secondary N) is 1. The Morgan fingerprint density at radius 1 is 0.479 bits per heavy atom. The minimum Gasteiger partial charge on any atom is -0.394 e. The van der Waals surface area contributed by atoms with Crippen LogP contribution >= 0.6 is 0 Å². The third kappa shape index (κ3) is 38.1. The number of hydrogen-bond donors (Lipinski definition) is 8. The van der Waals surface area contributed by atoms with Crippen LogP contribution in [0, 0.1) is 0 Å². The minimum atomic E-state index is -1.66. The fourth-order valence-electron chi connectivity index (χ4n) is 10.1. The normalized spacial score (nSPS) is 20.2. The number of aliphatic hydroxyl groups is 7. The zero-order chi connectivity index (χ0) is 51.8. The molecule has 0 aliphatic carbocycles. The first-order chi connectivity index (χ1) is 34.7. The first kappa shape index (κ1) is 67.9. The summed E-state index contributed by atoms with van der Waals surface area (Å²) in [5.41, 5.74) is 0. The molecular weight excluding hydrogens is 895 g/mol. The van der Waals surface area contributed by atoms with Crippen molar-refractivity contribution in [2.24, 2.45) is 0 Å². The van der Waals surface area contributed by atoms with Gasteiger partial charge < -0.3 is 50.5 Å². The van der Waals surface area contributed by atoms with E-state index in [0.29, 0.717) is 12.8 Å². The maximum atomic E-state index is 13.2. The van der Waals surface area contributed by atoms with Crippen molar-refractivity contribution in [3.63, 3.8) is 0 Å². The molecule has 1 fully saturated rings. The average molecular weight is 1010 g/mol. The lowest BCUT2D eigenvalue weighted by Gasteiger charge is -2.40. The van der Waals surface area contributed by atoms with Gasteiger partial charge in [-0.1, -0.05) is 270 Å². The molecule has 422 valence electrons. The third-order valence-corrected chi connectivity index (χ3v) is 15.1. The summed E-state index contributed by atoms with van der Waals surface area (Å²) in [5, 5.41) is 76.0. The molecular formula is C60H117NO10. The van der Waals surface area contributed by atoms with E-state index in [9.17, 15) is 40.5 Å². The van der Waals surface area contributed by atoms with Gasteiger partial charge in [0.2, 0.25) is 5.91 Å². The number of rotatable bonds is 53. The van der Waals surface area contributed by atoms with Gasteiger partial charge in [-0.3, -0.25) is 4.79 Å². The van der Waals surface area contributed by atoms with Gasteiger partial charge in [-0.2, -0.15) is 0 Å². The zero-order valence-corrected chi connectivity index (χ0v) is 46.2. The van der Waals surface area contributed by atoms with Gasteiger partial charge in [0, 0.05) is 0 Å². The van der Waals surface area contributed by atoms with E-state index in [1.165, 1.54) is 218 Å². The van der Waals surface area contributed by atoms with E-state index in [4.69, 9.17) is 9.47 Å². The molecule has 9 atom stereocenters. The number of amides is 1. The monoisotopic (exact) mass is 1010 g/mol. The van der Waals surface area contributed by atoms with Crippen molar-refractivity contribution < 1.29 is 50.0 Å². The van der Waals surface area contributed by atoms with Crippen molar-refractivity contribution in [1.82, 2.24) is 5.32 Å². The number of ether oxygens (including phenoxy) is 2. The van der Waals surface area contributed by atoms with Crippen LogP contribution in [0.4, 0.5) is 0 Å². The Kier molecular flexibility index (Phi) is 47.5. The summed E-state index contributed by atoms with van der Waals surface area (Å²) in [6.07, 6.45) is 47.3. The fraction of sp³-hybridized carbons (Fsp3) is 0.950. The van der Waals surface area contributed by atoms with Gasteiger partial charge in [-0.15, -0.1) is 0 Å². The van der Waals surface area contributed by atoms with Crippen LogP contribution in [0.15, 0.2) is 12.2 Å². The molecule has 1 aliphatic rings. The van der Waals surface area contributed by atoms with Crippen molar-refractivity contribution >= 4 is 5.91 Å². The van der Waals surface area contributed by atoms with Gasteiger partial charge in [-0.05, 0) is 38.5 Å². The maximum Gasteiger partial charge on any atom is 0.249 e. The Bertz CT molecular complexity index is 1160. The van der Waals surface area contributed by atoms with Crippen LogP contribution in [0.1, 0.15) is 296 Å². The van der Waals surface area contributed by atoms with E-state index in [-0.39, 0.29) is 12.8 Å². The molecule has 0 spiro atoms. The van der Waals surface area contributed by atoms with Crippen LogP contribution < -0.4 is 5.32 Å². The highest BCUT2D eigenvalue weighted by atomic mass is 16.7. The first-order valence-corrected chi connectivity index (χ1v) is 30.6. The summed E-state index contributed by atoms with van der Waals surface area (Å²) in [5.74, 6) is -0.701. The standard InChI is InChI=1S/C60H117NO10/c1-3-5-7-9-11-13-15-17-18-19-20-21-22-23-24-25-26-27-28-29-30-31-32-33-34-36-38-40-42-44-46-48-53(64)59(69)61-51(50-70-60-58(68)57(67)56(66)54(49-62)71-60)55(65)52(63)47-45-43-41-39-37-35-16-14-12-10-8-6-4-2/h39,41,51-58,60,62-68H,3-38,40,42-50H2,1-2H3,(H,61,69)/b41-39+. The van der Waals surface area contributed by atoms with E-state index < -0.39 is 74.2 Å². The highest BCUT2D eigenvalue weighted by Gasteiger charge is 2.44. The lowest BCUT2D eigenvalue weighted by molar-refractivity contribution is -0.303. The molecule has 0 bridgehead atoms. The second kappa shape index (κ2) is 49.7. The van der Waals surface area contributed by atoms with Gasteiger partial charge in [-0.25, -0.2) is 0 Å². The summed E-state index contributed by atoms with van der Waals surface area (Å²) >= 11 is 0. The van der Waals surface area contributed by atoms with E-state index in [1.54, 1.807) is 0 Å². The molecule has 1 aliphatic heterocycles. The second-order valence-electron chi connectivity index (χ2n) is 21.8. The molecule has 11 nitrogen and oxygen atoms in total. The van der Waals surface area contributed by atoms with Gasteiger partial charge in [0.05, 0.1) is 25.4 Å². The van der Waals surface area contributed by atoms with E-state index in [1.807, 2.05) is 0 Å². The van der Waals surface area contributed by atoms with Crippen LogP contribution in [-0.2, 0) is 14.3 Å². The quantitative estimate of drug-likeness (QED) is 0.0215. The molecule has 8 N–H and O–H groups in total. The summed E-state index contributed by atoms with van der Waals surface area (Å²) in [6.45, 7) is 3.46. The molecule has 0 radical (unpaired) electrons. The molecule has 1 heterocycles. The lowest BCUT2D eigenvalue weighted by Crippen LogP contribution is -2.60. The average Bonchev–Trinajstić information content (AvgIpc) is 3.37. The molecule has 1 saturated heterocycles. The van der Waals surface area contributed by atoms with Crippen LogP contribution in [0.25, 0.3) is 0 Å². The molecule has 1 amide bonds. The Labute approximate surface area is 436 Å². The Hall–Kier alpha value is -1.15. The van der Waals surface area contributed by atoms with E-state index in [0.717, 1.165) is 38.5 Å². The topological polar surface area (TPSA) is 189 Å². The highest BCUT2D eigenvalue weighted by Crippen LogP contribution is 2.24. The van der Waals surface area contributed by atoms with Crippen LogP contribution in [0.5, 0.6) is 0 Å². The molecule has 0 aromatic rings. The second-order valence-corrected chi connectivity index (χ2v) is 21.8. The summed E-state index contributed by atoms with van der Waals surface area (Å²) in [7, 11) is 0. The number of carbonyl (C=O) groups excluding carboxylic acids is 1. The predicted molar refractivity (Wildman–Crippen MR) is 293 cm³/mol. The molecule has 0 saturated carbocycles. The predicted octanol–water partition coefficient (Wildman–Crippen LogP) is 13.1. The van der Waals surface area contributed by atoms with Crippen LogP contribution in [0.3, 0.4) is 0 Å². The van der Waals surface area contributed by atoms with Crippen LogP contribution in [0.2, 0.25) is 0 Å². The Morgan fingerprint density at radius 3 is 1.21 bits per heavy atom. The third-order valence-electron chi connectivity index (χ3n) is 15.1. The summed E-state index contributed by atoms with van der Waals surface area (Å²) in [4.78, 5) is 13.2. The SMILES string of the molecule is CCCCCCCCCC/C=C/CCCC(O)C(O)C(COC1OC(CO)C(O)C(O)C1O)NC(=O)C(O)CCCCCCCCCCCCCCCCCCCCCCCCCCCCCCCCC. The number of hydrogen-bond acceptors (Lipinski definition) is 10. The van der Waals surface area contributed by atoms with Gasteiger partial charge >= 0.3 is 0 Å². The fourth-order valence-corrected chi connectivity index (χ4v) is 10.1. The lowest BCUT2D eigenvalue weighted by atomic mass is 9.98. The molecule has 0 aromatic heterocycles. The summed E-state index contributed by atoms with van der Waals surface area (Å²) in [6, 6.07) is -1.18. The molecule has 0 aromatic carbocycles.